The lowest BCUT2D eigenvalue weighted by Gasteiger charge is -2.16. The van der Waals surface area contributed by atoms with E-state index in [1.165, 1.54) is 6.07 Å². The average molecular weight is 447 g/mol. The number of carbonyl (C=O) groups excluding carboxylic acids is 2. The molecule has 3 aromatic carbocycles. The zero-order valence-corrected chi connectivity index (χ0v) is 16.9. The molecular weight excluding hydrogens is 429 g/mol. The minimum atomic E-state index is -4.85. The highest BCUT2D eigenvalue weighted by molar-refractivity contribution is 6.05. The first-order valence-corrected chi connectivity index (χ1v) is 9.57. The van der Waals surface area contributed by atoms with Crippen LogP contribution in [-0.4, -0.2) is 11.7 Å². The molecule has 0 spiro atoms. The third kappa shape index (κ3) is 5.57. The van der Waals surface area contributed by atoms with Gasteiger partial charge in [-0.2, -0.15) is 13.2 Å². The van der Waals surface area contributed by atoms with E-state index in [0.29, 0.717) is 0 Å². The van der Waals surface area contributed by atoms with Crippen molar-refractivity contribution >= 4 is 17.4 Å². The van der Waals surface area contributed by atoms with Crippen LogP contribution in [0.3, 0.4) is 0 Å². The molecule has 0 radical (unpaired) electrons. The molecule has 3 rings (SSSR count). The summed E-state index contributed by atoms with van der Waals surface area (Å²) in [6.07, 6.45) is -5.01. The summed E-state index contributed by atoms with van der Waals surface area (Å²) in [5.41, 5.74) is -0.707. The summed E-state index contributed by atoms with van der Waals surface area (Å²) in [4.78, 5) is 24.6. The van der Waals surface area contributed by atoms with E-state index in [1.807, 2.05) is 24.4 Å². The summed E-state index contributed by atoms with van der Waals surface area (Å²) >= 11 is 0. The van der Waals surface area contributed by atoms with Gasteiger partial charge in [0.2, 0.25) is 0 Å². The van der Waals surface area contributed by atoms with Crippen molar-refractivity contribution in [3.8, 4) is 0 Å². The average Bonchev–Trinajstić information content (AvgIpc) is 2.70. The van der Waals surface area contributed by atoms with Crippen molar-refractivity contribution in [1.82, 2.24) is 0 Å². The number of amides is 1. The van der Waals surface area contributed by atoms with E-state index >= 15 is 0 Å². The van der Waals surface area contributed by atoms with E-state index in [9.17, 15) is 31.5 Å². The predicted molar refractivity (Wildman–Crippen MR) is 109 cm³/mol. The normalized spacial score (nSPS) is 11.3. The highest BCUT2D eigenvalue weighted by Gasteiger charge is 2.34. The molecule has 0 atom stereocenters. The largest absolute Gasteiger partial charge is 0.418 e. The number of hydrogen-bond acceptors (Lipinski definition) is 2. The van der Waals surface area contributed by atoms with Crippen LogP contribution in [0.25, 0.3) is 0 Å². The van der Waals surface area contributed by atoms with Crippen molar-refractivity contribution in [2.24, 2.45) is 0 Å². The number of Topliss-reactive ketones (excluding diaryl/α,β-unsaturated/α-hetero) is 1. The second-order valence-electron chi connectivity index (χ2n) is 7.31. The Labute approximate surface area is 180 Å². The molecule has 0 fully saturated rings. The van der Waals surface area contributed by atoms with Gasteiger partial charge in [-0.05, 0) is 42.3 Å². The molecule has 0 saturated carbocycles. The number of halogens is 5. The van der Waals surface area contributed by atoms with Crippen molar-refractivity contribution in [1.29, 1.82) is 0 Å². The van der Waals surface area contributed by atoms with Crippen molar-refractivity contribution in [2.75, 3.05) is 5.32 Å². The van der Waals surface area contributed by atoms with Crippen LogP contribution in [0, 0.1) is 18.6 Å². The second-order valence-corrected chi connectivity index (χ2v) is 7.31. The number of anilines is 1. The van der Waals surface area contributed by atoms with Gasteiger partial charge in [0.05, 0.1) is 16.8 Å². The summed E-state index contributed by atoms with van der Waals surface area (Å²) in [7, 11) is 0. The number of rotatable bonds is 6. The van der Waals surface area contributed by atoms with Crippen LogP contribution in [0.4, 0.5) is 27.6 Å². The lowest BCUT2D eigenvalue weighted by molar-refractivity contribution is -0.137. The fraction of sp³-hybridized carbons (Fsp3) is 0.167. The Balaban J connectivity index is 1.82. The maximum Gasteiger partial charge on any atom is 0.418 e. The Morgan fingerprint density at radius 2 is 1.53 bits per heavy atom. The number of aryl methyl sites for hydroxylation is 1. The van der Waals surface area contributed by atoms with Crippen LogP contribution in [0.15, 0.2) is 60.7 Å². The van der Waals surface area contributed by atoms with E-state index in [2.05, 4.69) is 0 Å². The Bertz CT molecular complexity index is 1170. The SMILES string of the molecule is Cc1cccc(CC(=O)Cc2ccc(NC(=O)c3cccc(F)c3F)c(C(F)(F)F)c2)c1. The van der Waals surface area contributed by atoms with Crippen molar-refractivity contribution in [2.45, 2.75) is 25.9 Å². The van der Waals surface area contributed by atoms with Crippen molar-refractivity contribution in [3.63, 3.8) is 0 Å². The first kappa shape index (κ1) is 23.1. The van der Waals surface area contributed by atoms with Gasteiger partial charge in [0.25, 0.3) is 5.91 Å². The van der Waals surface area contributed by atoms with Crippen molar-refractivity contribution in [3.05, 3.63) is 100 Å². The monoisotopic (exact) mass is 447 g/mol. The van der Waals surface area contributed by atoms with Crippen LogP contribution in [0.5, 0.6) is 0 Å². The molecule has 0 aliphatic heterocycles. The Hall–Kier alpha value is -3.55. The molecule has 0 aliphatic rings. The lowest BCUT2D eigenvalue weighted by atomic mass is 9.99. The highest BCUT2D eigenvalue weighted by atomic mass is 19.4. The number of benzene rings is 3. The van der Waals surface area contributed by atoms with E-state index in [0.717, 1.165) is 41.5 Å². The standard InChI is InChI=1S/C24H18F5NO2/c1-14-4-2-5-15(10-14)11-17(31)12-16-8-9-21(19(13-16)24(27,28)29)30-23(32)18-6-3-7-20(25)22(18)26/h2-10,13H,11-12H2,1H3,(H,30,32). The predicted octanol–water partition coefficient (Wildman–Crippen LogP) is 5.90. The zero-order valence-electron chi connectivity index (χ0n) is 16.9. The summed E-state index contributed by atoms with van der Waals surface area (Å²) < 4.78 is 67.9. The Morgan fingerprint density at radius 3 is 2.19 bits per heavy atom. The van der Waals surface area contributed by atoms with Crippen LogP contribution >= 0.6 is 0 Å². The molecule has 0 aromatic heterocycles. The molecule has 1 amide bonds. The first-order valence-electron chi connectivity index (χ1n) is 9.57. The maximum atomic E-state index is 13.8. The summed E-state index contributed by atoms with van der Waals surface area (Å²) in [6, 6.07) is 13.1. The van der Waals surface area contributed by atoms with E-state index in [1.54, 1.807) is 12.1 Å². The van der Waals surface area contributed by atoms with Gasteiger partial charge in [0.1, 0.15) is 5.78 Å². The van der Waals surface area contributed by atoms with Gasteiger partial charge in [0.15, 0.2) is 11.6 Å². The molecule has 3 nitrogen and oxygen atoms in total. The number of nitrogens with one attached hydrogen (secondary N) is 1. The molecule has 32 heavy (non-hydrogen) atoms. The maximum absolute atomic E-state index is 13.8. The molecule has 3 aromatic rings. The molecule has 0 bridgehead atoms. The van der Waals surface area contributed by atoms with Gasteiger partial charge in [-0.3, -0.25) is 9.59 Å². The summed E-state index contributed by atoms with van der Waals surface area (Å²) in [5, 5.41) is 1.98. The number of carbonyl (C=O) groups is 2. The third-order valence-corrected chi connectivity index (χ3v) is 4.72. The number of ketones is 1. The Kier molecular flexibility index (Phi) is 6.72. The molecule has 1 N–H and O–H groups in total. The smallest absolute Gasteiger partial charge is 0.321 e. The van der Waals surface area contributed by atoms with Gasteiger partial charge in [0, 0.05) is 12.8 Å². The fourth-order valence-corrected chi connectivity index (χ4v) is 3.25. The van der Waals surface area contributed by atoms with Crippen LogP contribution < -0.4 is 5.32 Å². The van der Waals surface area contributed by atoms with Gasteiger partial charge >= 0.3 is 6.18 Å². The van der Waals surface area contributed by atoms with Gasteiger partial charge in [-0.1, -0.05) is 42.0 Å². The van der Waals surface area contributed by atoms with Gasteiger partial charge < -0.3 is 5.32 Å². The molecule has 8 heteroatoms. The van der Waals surface area contributed by atoms with Gasteiger partial charge in [-0.25, -0.2) is 8.78 Å². The fourth-order valence-electron chi connectivity index (χ4n) is 3.25. The molecule has 0 saturated heterocycles. The minimum absolute atomic E-state index is 0.0698. The first-order chi connectivity index (χ1) is 15.0. The number of hydrogen-bond donors (Lipinski definition) is 1. The van der Waals surface area contributed by atoms with Crippen LogP contribution in [0.2, 0.25) is 0 Å². The quantitative estimate of drug-likeness (QED) is 0.479. The molecule has 0 aliphatic carbocycles. The second kappa shape index (κ2) is 9.30. The van der Waals surface area contributed by atoms with Crippen LogP contribution in [0.1, 0.15) is 32.6 Å². The molecule has 166 valence electrons. The van der Waals surface area contributed by atoms with E-state index in [-0.39, 0.29) is 24.2 Å². The molecular formula is C24H18F5NO2. The lowest BCUT2D eigenvalue weighted by Crippen LogP contribution is -2.19. The molecule has 0 unspecified atom stereocenters. The van der Waals surface area contributed by atoms with Gasteiger partial charge in [-0.15, -0.1) is 0 Å². The highest BCUT2D eigenvalue weighted by Crippen LogP contribution is 2.36. The zero-order chi connectivity index (χ0) is 23.5. The van der Waals surface area contributed by atoms with E-state index < -0.39 is 40.5 Å². The van der Waals surface area contributed by atoms with E-state index in [4.69, 9.17) is 0 Å². The Morgan fingerprint density at radius 1 is 0.875 bits per heavy atom. The third-order valence-electron chi connectivity index (χ3n) is 4.72. The summed E-state index contributed by atoms with van der Waals surface area (Å²) in [6.45, 7) is 1.87. The van der Waals surface area contributed by atoms with Crippen LogP contribution in [-0.2, 0) is 23.8 Å². The topological polar surface area (TPSA) is 46.2 Å². The van der Waals surface area contributed by atoms with Crippen molar-refractivity contribution < 1.29 is 31.5 Å². The number of alkyl halides is 3. The summed E-state index contributed by atoms with van der Waals surface area (Å²) in [5.74, 6) is -4.26. The molecule has 0 heterocycles. The minimum Gasteiger partial charge on any atom is -0.321 e.